The molecule has 1 saturated carbocycles. The molecule has 1 fully saturated rings. The first kappa shape index (κ1) is 21.6. The number of hydrogen-bond donors (Lipinski definition) is 2. The highest BCUT2D eigenvalue weighted by atomic mass is 19.1. The van der Waals surface area contributed by atoms with Crippen molar-refractivity contribution >= 4 is 22.6 Å². The highest BCUT2D eigenvalue weighted by Crippen LogP contribution is 2.37. The maximum atomic E-state index is 14.0. The van der Waals surface area contributed by atoms with Gasteiger partial charge < -0.3 is 14.8 Å². The second-order valence-corrected chi connectivity index (χ2v) is 8.97. The molecule has 0 atom stereocenters. The van der Waals surface area contributed by atoms with Crippen LogP contribution in [0.4, 0.5) is 4.39 Å². The van der Waals surface area contributed by atoms with Crippen molar-refractivity contribution in [1.29, 1.82) is 0 Å². The normalized spacial score (nSPS) is 21.7. The van der Waals surface area contributed by atoms with E-state index in [0.29, 0.717) is 17.4 Å². The highest BCUT2D eigenvalue weighted by Gasteiger charge is 2.30. The molecule has 1 aliphatic heterocycles. The van der Waals surface area contributed by atoms with Crippen molar-refractivity contribution < 1.29 is 19.0 Å². The number of fused-ring (bicyclic) bond motifs is 1. The number of aromatic amines is 1. The molecular weight excluding hydrogens is 421 g/mol. The largest absolute Gasteiger partial charge is 0.496 e. The Morgan fingerprint density at radius 2 is 2.00 bits per heavy atom. The van der Waals surface area contributed by atoms with Gasteiger partial charge >= 0.3 is 5.97 Å². The van der Waals surface area contributed by atoms with Crippen LogP contribution in [0, 0.1) is 11.7 Å². The number of halogens is 1. The number of carboxylic acid groups (broad SMARTS) is 1. The van der Waals surface area contributed by atoms with E-state index >= 15 is 0 Å². The molecule has 3 heterocycles. The molecule has 1 aliphatic carbocycles. The SMILES string of the molecule is COc1ccc(F)cc1-c1ccnc2[nH]c(C3=CCN([C@H]4CC[C@@H](C(=O)O)CC4)CC3)cc12. The summed E-state index contributed by atoms with van der Waals surface area (Å²) in [4.78, 5) is 21.6. The third kappa shape index (κ3) is 4.25. The Labute approximate surface area is 192 Å². The molecule has 0 unspecified atom stereocenters. The number of nitrogens with one attached hydrogen (secondary N) is 1. The Morgan fingerprint density at radius 1 is 1.18 bits per heavy atom. The highest BCUT2D eigenvalue weighted by molar-refractivity contribution is 5.96. The first-order valence-corrected chi connectivity index (χ1v) is 11.5. The Hall–Kier alpha value is -3.19. The minimum absolute atomic E-state index is 0.179. The van der Waals surface area contributed by atoms with Crippen molar-refractivity contribution in [2.75, 3.05) is 20.2 Å². The van der Waals surface area contributed by atoms with E-state index in [1.165, 1.54) is 17.7 Å². The van der Waals surface area contributed by atoms with Gasteiger partial charge in [-0.2, -0.15) is 0 Å². The third-order valence-electron chi connectivity index (χ3n) is 7.13. The van der Waals surface area contributed by atoms with Crippen LogP contribution < -0.4 is 4.74 Å². The number of carbonyl (C=O) groups is 1. The molecule has 33 heavy (non-hydrogen) atoms. The third-order valence-corrected chi connectivity index (χ3v) is 7.13. The molecular formula is C26H28FN3O3. The van der Waals surface area contributed by atoms with Crippen molar-refractivity contribution in [2.45, 2.75) is 38.1 Å². The Bertz CT molecular complexity index is 1210. The number of aliphatic carboxylic acids is 1. The molecule has 1 aromatic carbocycles. The smallest absolute Gasteiger partial charge is 0.306 e. The van der Waals surface area contributed by atoms with Gasteiger partial charge in [0.2, 0.25) is 0 Å². The van der Waals surface area contributed by atoms with E-state index in [0.717, 1.165) is 67.5 Å². The molecule has 0 spiro atoms. The van der Waals surface area contributed by atoms with Gasteiger partial charge in [0.25, 0.3) is 0 Å². The lowest BCUT2D eigenvalue weighted by Gasteiger charge is -2.37. The molecule has 3 aromatic rings. The van der Waals surface area contributed by atoms with E-state index in [2.05, 4.69) is 27.0 Å². The molecule has 5 rings (SSSR count). The monoisotopic (exact) mass is 449 g/mol. The fourth-order valence-corrected chi connectivity index (χ4v) is 5.27. The Balaban J connectivity index is 1.37. The minimum atomic E-state index is -0.656. The van der Waals surface area contributed by atoms with Crippen molar-refractivity contribution in [3.8, 4) is 16.9 Å². The molecule has 2 aromatic heterocycles. The van der Waals surface area contributed by atoms with Crippen LogP contribution in [0.15, 0.2) is 42.6 Å². The molecule has 2 aliphatic rings. The van der Waals surface area contributed by atoms with Crippen LogP contribution in [0.5, 0.6) is 5.75 Å². The number of methoxy groups -OCH3 is 1. The predicted octanol–water partition coefficient (Wildman–Crippen LogP) is 5.11. The van der Waals surface area contributed by atoms with Gasteiger partial charge in [-0.3, -0.25) is 9.69 Å². The Morgan fingerprint density at radius 3 is 2.70 bits per heavy atom. The number of nitrogens with zero attached hydrogens (tertiary/aromatic N) is 2. The number of carboxylic acids is 1. The number of hydrogen-bond acceptors (Lipinski definition) is 4. The van der Waals surface area contributed by atoms with E-state index in [1.807, 2.05) is 6.07 Å². The van der Waals surface area contributed by atoms with Crippen molar-refractivity contribution in [3.63, 3.8) is 0 Å². The topological polar surface area (TPSA) is 78.5 Å². The van der Waals surface area contributed by atoms with E-state index in [4.69, 9.17) is 4.74 Å². The van der Waals surface area contributed by atoms with E-state index in [-0.39, 0.29) is 11.7 Å². The zero-order valence-corrected chi connectivity index (χ0v) is 18.7. The zero-order chi connectivity index (χ0) is 22.9. The standard InChI is InChI=1S/C26H28FN3O3/c1-33-24-7-4-18(27)14-21(24)20-8-11-28-25-22(20)15-23(29-25)16-9-12-30(13-10-16)19-5-2-17(3-6-19)26(31)32/h4,7-9,11,14-15,17,19H,2-3,5-6,10,12-13H2,1H3,(H,28,29)(H,31,32)/t17-,19+. The summed E-state index contributed by atoms with van der Waals surface area (Å²) in [7, 11) is 1.59. The lowest BCUT2D eigenvalue weighted by Crippen LogP contribution is -2.41. The van der Waals surface area contributed by atoms with Crippen molar-refractivity contribution in [2.24, 2.45) is 5.92 Å². The summed E-state index contributed by atoms with van der Waals surface area (Å²) in [5.41, 5.74) is 4.64. The number of ether oxygens (including phenoxy) is 1. The number of H-pyrrole nitrogens is 1. The first-order chi connectivity index (χ1) is 16.0. The zero-order valence-electron chi connectivity index (χ0n) is 18.7. The molecule has 172 valence electrons. The van der Waals surface area contributed by atoms with Crippen LogP contribution >= 0.6 is 0 Å². The summed E-state index contributed by atoms with van der Waals surface area (Å²) in [6, 6.07) is 9.00. The van der Waals surface area contributed by atoms with Gasteiger partial charge in [0, 0.05) is 42.0 Å². The summed E-state index contributed by atoms with van der Waals surface area (Å²) in [6.45, 7) is 1.83. The lowest BCUT2D eigenvalue weighted by molar-refractivity contribution is -0.143. The molecule has 7 heteroatoms. The van der Waals surface area contributed by atoms with Gasteiger partial charge in [-0.15, -0.1) is 0 Å². The molecule has 0 saturated heterocycles. The van der Waals surface area contributed by atoms with Gasteiger partial charge in [-0.05, 0) is 73.6 Å². The molecule has 0 bridgehead atoms. The number of rotatable bonds is 5. The lowest BCUT2D eigenvalue weighted by atomic mass is 9.85. The van der Waals surface area contributed by atoms with Gasteiger partial charge in [0.15, 0.2) is 0 Å². The fraction of sp³-hybridized carbons (Fsp3) is 0.385. The van der Waals surface area contributed by atoms with Gasteiger partial charge in [-0.1, -0.05) is 6.08 Å². The average Bonchev–Trinajstić information content (AvgIpc) is 3.29. The predicted molar refractivity (Wildman–Crippen MR) is 126 cm³/mol. The first-order valence-electron chi connectivity index (χ1n) is 11.5. The van der Waals surface area contributed by atoms with E-state index in [1.54, 1.807) is 19.4 Å². The molecule has 0 radical (unpaired) electrons. The van der Waals surface area contributed by atoms with Gasteiger partial charge in [-0.25, -0.2) is 9.37 Å². The summed E-state index contributed by atoms with van der Waals surface area (Å²) in [6.07, 6.45) is 8.36. The number of pyridine rings is 1. The maximum absolute atomic E-state index is 14.0. The molecule has 2 N–H and O–H groups in total. The maximum Gasteiger partial charge on any atom is 0.306 e. The second-order valence-electron chi connectivity index (χ2n) is 8.97. The van der Waals surface area contributed by atoms with Gasteiger partial charge in [0.05, 0.1) is 13.0 Å². The summed E-state index contributed by atoms with van der Waals surface area (Å²) >= 11 is 0. The Kier molecular flexibility index (Phi) is 5.89. The molecule has 0 amide bonds. The average molecular weight is 450 g/mol. The van der Waals surface area contributed by atoms with E-state index < -0.39 is 5.97 Å². The second kappa shape index (κ2) is 8.98. The summed E-state index contributed by atoms with van der Waals surface area (Å²) in [5.74, 6) is -0.519. The van der Waals surface area contributed by atoms with Crippen LogP contribution in [-0.2, 0) is 4.79 Å². The quantitative estimate of drug-likeness (QED) is 0.566. The summed E-state index contributed by atoms with van der Waals surface area (Å²) < 4.78 is 19.5. The van der Waals surface area contributed by atoms with Gasteiger partial charge in [0.1, 0.15) is 17.2 Å². The van der Waals surface area contributed by atoms with Crippen LogP contribution in [0.2, 0.25) is 0 Å². The fourth-order valence-electron chi connectivity index (χ4n) is 5.27. The van der Waals surface area contributed by atoms with Crippen molar-refractivity contribution in [3.05, 3.63) is 54.1 Å². The van der Waals surface area contributed by atoms with Crippen LogP contribution in [0.25, 0.3) is 27.7 Å². The molecule has 6 nitrogen and oxygen atoms in total. The number of aromatic nitrogens is 2. The van der Waals surface area contributed by atoms with Crippen LogP contribution in [0.3, 0.4) is 0 Å². The number of benzene rings is 1. The minimum Gasteiger partial charge on any atom is -0.496 e. The van der Waals surface area contributed by atoms with Crippen LogP contribution in [0.1, 0.15) is 37.8 Å². The van der Waals surface area contributed by atoms with E-state index in [9.17, 15) is 14.3 Å². The summed E-state index contributed by atoms with van der Waals surface area (Å²) in [5, 5.41) is 10.2. The van der Waals surface area contributed by atoms with Crippen LogP contribution in [-0.4, -0.2) is 52.2 Å². The van der Waals surface area contributed by atoms with Crippen molar-refractivity contribution in [1.82, 2.24) is 14.9 Å².